The van der Waals surface area contributed by atoms with Crippen LogP contribution in [0.3, 0.4) is 0 Å². The van der Waals surface area contributed by atoms with Gasteiger partial charge in [0.05, 0.1) is 18.6 Å². The molecule has 0 radical (unpaired) electrons. The van der Waals surface area contributed by atoms with Crippen LogP contribution < -0.4 is 4.74 Å². The largest absolute Gasteiger partial charge is 0.496 e. The van der Waals surface area contributed by atoms with Crippen LogP contribution in [0.15, 0.2) is 52.3 Å². The molecule has 0 aliphatic heterocycles. The van der Waals surface area contributed by atoms with Gasteiger partial charge in [-0.15, -0.1) is 0 Å². The molecular weight excluding hydrogens is 244 g/mol. The second-order valence-corrected chi connectivity index (χ2v) is 5.11. The Morgan fingerprint density at radius 2 is 1.89 bits per heavy atom. The topological polar surface area (TPSA) is 29.5 Å². The first-order valence-electron chi connectivity index (χ1n) is 5.76. The molecular formula is C15H16O2S. The lowest BCUT2D eigenvalue weighted by molar-refractivity contribution is 0.279. The summed E-state index contributed by atoms with van der Waals surface area (Å²) in [5.41, 5.74) is 2.11. The molecule has 0 unspecified atom stereocenters. The Labute approximate surface area is 112 Å². The predicted molar refractivity (Wildman–Crippen MR) is 74.2 cm³/mol. The maximum atomic E-state index is 9.40. The summed E-state index contributed by atoms with van der Waals surface area (Å²) in [6.45, 7) is 2.08. The minimum absolute atomic E-state index is 0.0547. The van der Waals surface area contributed by atoms with E-state index in [1.165, 1.54) is 0 Å². The van der Waals surface area contributed by atoms with Gasteiger partial charge in [0, 0.05) is 4.90 Å². The van der Waals surface area contributed by atoms with E-state index in [1.54, 1.807) is 18.9 Å². The van der Waals surface area contributed by atoms with E-state index in [2.05, 4.69) is 6.07 Å². The highest BCUT2D eigenvalue weighted by Crippen LogP contribution is 2.36. The first kappa shape index (κ1) is 13.0. The van der Waals surface area contributed by atoms with E-state index in [1.807, 2.05) is 43.3 Å². The van der Waals surface area contributed by atoms with Crippen molar-refractivity contribution in [3.8, 4) is 5.75 Å². The van der Waals surface area contributed by atoms with Crippen molar-refractivity contribution < 1.29 is 9.84 Å². The molecule has 0 heterocycles. The van der Waals surface area contributed by atoms with Gasteiger partial charge in [0.15, 0.2) is 0 Å². The minimum Gasteiger partial charge on any atom is -0.496 e. The van der Waals surface area contributed by atoms with Crippen LogP contribution in [0.2, 0.25) is 0 Å². The van der Waals surface area contributed by atoms with Crippen molar-refractivity contribution in [2.75, 3.05) is 7.11 Å². The van der Waals surface area contributed by atoms with E-state index < -0.39 is 0 Å². The number of ether oxygens (including phenoxy) is 1. The summed E-state index contributed by atoms with van der Waals surface area (Å²) in [7, 11) is 1.67. The molecule has 0 bridgehead atoms. The average molecular weight is 260 g/mol. The molecule has 0 aliphatic carbocycles. The van der Waals surface area contributed by atoms with Gasteiger partial charge in [-0.2, -0.15) is 0 Å². The number of rotatable bonds is 4. The lowest BCUT2D eigenvalue weighted by Gasteiger charge is -2.11. The van der Waals surface area contributed by atoms with Crippen molar-refractivity contribution >= 4 is 11.8 Å². The molecule has 0 fully saturated rings. The van der Waals surface area contributed by atoms with Gasteiger partial charge < -0.3 is 9.84 Å². The van der Waals surface area contributed by atoms with E-state index >= 15 is 0 Å². The van der Waals surface area contributed by atoms with Crippen LogP contribution in [-0.4, -0.2) is 12.2 Å². The Bertz CT molecular complexity index is 538. The number of para-hydroxylation sites is 1. The van der Waals surface area contributed by atoms with Gasteiger partial charge in [0.2, 0.25) is 0 Å². The number of aryl methyl sites for hydroxylation is 1. The Balaban J connectivity index is 2.33. The molecule has 0 aliphatic rings. The average Bonchev–Trinajstić information content (AvgIpc) is 2.41. The zero-order valence-electron chi connectivity index (χ0n) is 10.5. The SMILES string of the molecule is COc1ccccc1Sc1ccc(C)cc1CO. The molecule has 3 heteroatoms. The third-order valence-corrected chi connectivity index (χ3v) is 3.85. The molecule has 0 atom stereocenters. The number of hydrogen-bond donors (Lipinski definition) is 1. The Morgan fingerprint density at radius 1 is 1.11 bits per heavy atom. The number of hydrogen-bond acceptors (Lipinski definition) is 3. The van der Waals surface area contributed by atoms with Crippen molar-refractivity contribution in [1.29, 1.82) is 0 Å². The number of aliphatic hydroxyl groups is 1. The zero-order valence-corrected chi connectivity index (χ0v) is 11.3. The Kier molecular flexibility index (Phi) is 4.28. The second kappa shape index (κ2) is 5.94. The summed E-state index contributed by atoms with van der Waals surface area (Å²) in [4.78, 5) is 2.12. The van der Waals surface area contributed by atoms with Crippen LogP contribution in [0, 0.1) is 6.92 Å². The fraction of sp³-hybridized carbons (Fsp3) is 0.200. The van der Waals surface area contributed by atoms with E-state index in [0.717, 1.165) is 26.7 Å². The second-order valence-electron chi connectivity index (χ2n) is 4.02. The first-order valence-corrected chi connectivity index (χ1v) is 6.57. The summed E-state index contributed by atoms with van der Waals surface area (Å²) in [6, 6.07) is 14.0. The van der Waals surface area contributed by atoms with Crippen LogP contribution in [0.5, 0.6) is 5.75 Å². The lowest BCUT2D eigenvalue weighted by atomic mass is 10.1. The van der Waals surface area contributed by atoms with Gasteiger partial charge in [0.25, 0.3) is 0 Å². The van der Waals surface area contributed by atoms with Crippen LogP contribution in [0.25, 0.3) is 0 Å². The number of aliphatic hydroxyl groups excluding tert-OH is 1. The van der Waals surface area contributed by atoms with Crippen LogP contribution in [-0.2, 0) is 6.61 Å². The molecule has 0 aromatic heterocycles. The Hall–Kier alpha value is -1.45. The summed E-state index contributed by atoms with van der Waals surface area (Å²) < 4.78 is 5.33. The van der Waals surface area contributed by atoms with Crippen LogP contribution in [0.1, 0.15) is 11.1 Å². The zero-order chi connectivity index (χ0) is 13.0. The van der Waals surface area contributed by atoms with E-state index in [9.17, 15) is 5.11 Å². The summed E-state index contributed by atoms with van der Waals surface area (Å²) in [6.07, 6.45) is 0. The fourth-order valence-corrected chi connectivity index (χ4v) is 2.78. The van der Waals surface area contributed by atoms with Gasteiger partial charge in [-0.1, -0.05) is 41.6 Å². The highest BCUT2D eigenvalue weighted by molar-refractivity contribution is 7.99. The molecule has 2 aromatic rings. The van der Waals surface area contributed by atoms with Crippen molar-refractivity contribution in [1.82, 2.24) is 0 Å². The first-order chi connectivity index (χ1) is 8.74. The van der Waals surface area contributed by atoms with Crippen LogP contribution >= 0.6 is 11.8 Å². The third kappa shape index (κ3) is 2.86. The van der Waals surface area contributed by atoms with E-state index in [4.69, 9.17) is 4.74 Å². The molecule has 2 rings (SSSR count). The summed E-state index contributed by atoms with van der Waals surface area (Å²) >= 11 is 1.61. The molecule has 94 valence electrons. The third-order valence-electron chi connectivity index (χ3n) is 2.68. The highest BCUT2D eigenvalue weighted by atomic mass is 32.2. The Morgan fingerprint density at radius 3 is 2.61 bits per heavy atom. The van der Waals surface area contributed by atoms with Crippen molar-refractivity contribution in [2.24, 2.45) is 0 Å². The van der Waals surface area contributed by atoms with Crippen molar-refractivity contribution in [2.45, 2.75) is 23.3 Å². The molecule has 2 nitrogen and oxygen atoms in total. The predicted octanol–water partition coefficient (Wildman–Crippen LogP) is 3.65. The molecule has 0 spiro atoms. The van der Waals surface area contributed by atoms with Gasteiger partial charge in [-0.25, -0.2) is 0 Å². The molecule has 0 saturated carbocycles. The highest BCUT2D eigenvalue weighted by Gasteiger charge is 2.07. The van der Waals surface area contributed by atoms with Crippen LogP contribution in [0.4, 0.5) is 0 Å². The summed E-state index contributed by atoms with van der Waals surface area (Å²) in [5.74, 6) is 0.854. The fourth-order valence-electron chi connectivity index (χ4n) is 1.75. The van der Waals surface area contributed by atoms with Gasteiger partial charge in [0.1, 0.15) is 5.75 Å². The van der Waals surface area contributed by atoms with Crippen molar-refractivity contribution in [3.05, 3.63) is 53.6 Å². The maximum Gasteiger partial charge on any atom is 0.132 e. The smallest absolute Gasteiger partial charge is 0.132 e. The van der Waals surface area contributed by atoms with Gasteiger partial charge in [-0.05, 0) is 30.7 Å². The molecule has 1 N–H and O–H groups in total. The number of methoxy groups -OCH3 is 1. The quantitative estimate of drug-likeness (QED) is 0.910. The maximum absolute atomic E-state index is 9.40. The standard InChI is InChI=1S/C15H16O2S/c1-11-7-8-14(12(9-11)10-16)18-15-6-4-3-5-13(15)17-2/h3-9,16H,10H2,1-2H3. The van der Waals surface area contributed by atoms with Gasteiger partial charge >= 0.3 is 0 Å². The minimum atomic E-state index is 0.0547. The van der Waals surface area contributed by atoms with Gasteiger partial charge in [-0.3, -0.25) is 0 Å². The molecule has 18 heavy (non-hydrogen) atoms. The monoisotopic (exact) mass is 260 g/mol. The number of benzene rings is 2. The van der Waals surface area contributed by atoms with E-state index in [0.29, 0.717) is 0 Å². The van der Waals surface area contributed by atoms with E-state index in [-0.39, 0.29) is 6.61 Å². The molecule has 0 amide bonds. The summed E-state index contributed by atoms with van der Waals surface area (Å²) in [5, 5.41) is 9.40. The van der Waals surface area contributed by atoms with Crippen molar-refractivity contribution in [3.63, 3.8) is 0 Å². The molecule has 0 saturated heterocycles. The normalized spacial score (nSPS) is 10.4. The lowest BCUT2D eigenvalue weighted by Crippen LogP contribution is -1.90. The molecule has 2 aromatic carbocycles.